The number of piperidine rings is 1. The lowest BCUT2D eigenvalue weighted by Gasteiger charge is -2.38. The van der Waals surface area contributed by atoms with Crippen LogP contribution >= 0.6 is 0 Å². The molecule has 6 nitrogen and oxygen atoms in total. The Morgan fingerprint density at radius 1 is 1.00 bits per heavy atom. The molecule has 0 saturated carbocycles. The lowest BCUT2D eigenvalue weighted by molar-refractivity contribution is -0.132. The molecule has 32 heavy (non-hydrogen) atoms. The Labute approximate surface area is 186 Å². The molecule has 0 unspecified atom stereocenters. The van der Waals surface area contributed by atoms with Crippen molar-refractivity contribution in [1.29, 1.82) is 0 Å². The van der Waals surface area contributed by atoms with Crippen LogP contribution in [0.25, 0.3) is 6.08 Å². The number of terminal acetylenes is 1. The lowest BCUT2D eigenvalue weighted by Crippen LogP contribution is -2.56. The van der Waals surface area contributed by atoms with Gasteiger partial charge in [-0.05, 0) is 61.1 Å². The summed E-state index contributed by atoms with van der Waals surface area (Å²) in [5.41, 5.74) is 3.26. The number of amides is 4. The van der Waals surface area contributed by atoms with Gasteiger partial charge in [-0.25, -0.2) is 9.69 Å². The van der Waals surface area contributed by atoms with Crippen molar-refractivity contribution >= 4 is 29.6 Å². The van der Waals surface area contributed by atoms with Crippen molar-refractivity contribution in [1.82, 2.24) is 10.2 Å². The second-order valence-corrected chi connectivity index (χ2v) is 8.47. The van der Waals surface area contributed by atoms with Crippen LogP contribution in [0.4, 0.5) is 10.5 Å². The van der Waals surface area contributed by atoms with Gasteiger partial charge in [0.25, 0.3) is 5.91 Å². The zero-order chi connectivity index (χ0) is 22.3. The van der Waals surface area contributed by atoms with Crippen LogP contribution in [0, 0.1) is 12.3 Å². The van der Waals surface area contributed by atoms with E-state index < -0.39 is 11.6 Å². The van der Waals surface area contributed by atoms with Gasteiger partial charge in [0.15, 0.2) is 0 Å². The molecule has 2 heterocycles. The minimum Gasteiger partial charge on any atom is -0.339 e. The summed E-state index contributed by atoms with van der Waals surface area (Å²) in [5.74, 6) is 2.44. The summed E-state index contributed by atoms with van der Waals surface area (Å²) in [5, 5.41) is 2.90. The lowest BCUT2D eigenvalue weighted by atomic mass is 9.85. The van der Waals surface area contributed by atoms with Crippen molar-refractivity contribution in [3.63, 3.8) is 0 Å². The summed E-state index contributed by atoms with van der Waals surface area (Å²) in [6.45, 7) is 0.822. The first kappa shape index (κ1) is 20.1. The normalized spacial score (nSPS) is 19.3. The topological polar surface area (TPSA) is 69.7 Å². The summed E-state index contributed by atoms with van der Waals surface area (Å²) in [6, 6.07) is 14.4. The van der Waals surface area contributed by atoms with Gasteiger partial charge in [-0.3, -0.25) is 9.59 Å². The van der Waals surface area contributed by atoms with Gasteiger partial charge < -0.3 is 10.2 Å². The monoisotopic (exact) mass is 425 g/mol. The highest BCUT2D eigenvalue weighted by molar-refractivity contribution is 6.23. The quantitative estimate of drug-likeness (QED) is 0.594. The number of fused-ring (bicyclic) bond motifs is 1. The fraction of sp³-hybridized carbons (Fsp3) is 0.269. The zero-order valence-electron chi connectivity index (χ0n) is 17.6. The number of rotatable bonds is 2. The first-order valence-electron chi connectivity index (χ1n) is 10.8. The largest absolute Gasteiger partial charge is 0.339 e. The maximum atomic E-state index is 13.2. The number of nitrogens with one attached hydrogen (secondary N) is 1. The molecule has 2 saturated heterocycles. The second-order valence-electron chi connectivity index (χ2n) is 8.47. The first-order valence-corrected chi connectivity index (χ1v) is 10.8. The molecule has 2 fully saturated rings. The third kappa shape index (κ3) is 3.18. The van der Waals surface area contributed by atoms with Crippen molar-refractivity contribution in [3.8, 4) is 12.3 Å². The van der Waals surface area contributed by atoms with Crippen LogP contribution in [0.5, 0.6) is 0 Å². The number of anilines is 1. The molecule has 0 aromatic heterocycles. The van der Waals surface area contributed by atoms with E-state index >= 15 is 0 Å². The molecule has 3 aliphatic rings. The number of para-hydroxylation sites is 1. The molecular weight excluding hydrogens is 402 g/mol. The Balaban J connectivity index is 1.32. The van der Waals surface area contributed by atoms with Gasteiger partial charge in [0, 0.05) is 24.2 Å². The molecule has 5 rings (SSSR count). The zero-order valence-corrected chi connectivity index (χ0v) is 17.6. The number of aryl methyl sites for hydroxylation is 1. The molecule has 4 amide bonds. The van der Waals surface area contributed by atoms with Gasteiger partial charge in [-0.1, -0.05) is 36.3 Å². The van der Waals surface area contributed by atoms with E-state index in [0.717, 1.165) is 28.7 Å². The van der Waals surface area contributed by atoms with Gasteiger partial charge in [-0.15, -0.1) is 6.42 Å². The predicted molar refractivity (Wildman–Crippen MR) is 122 cm³/mol. The Kier molecular flexibility index (Phi) is 4.82. The molecule has 0 radical (unpaired) electrons. The minimum atomic E-state index is -0.951. The van der Waals surface area contributed by atoms with Crippen molar-refractivity contribution in [2.75, 3.05) is 18.0 Å². The number of imide groups is 1. The molecule has 0 bridgehead atoms. The molecule has 6 heteroatoms. The third-order valence-corrected chi connectivity index (χ3v) is 6.69. The predicted octanol–water partition coefficient (Wildman–Crippen LogP) is 3.12. The summed E-state index contributed by atoms with van der Waals surface area (Å²) in [6.07, 6.45) is 9.79. The average molecular weight is 425 g/mol. The number of hydrogen-bond donors (Lipinski definition) is 1. The van der Waals surface area contributed by atoms with Gasteiger partial charge in [0.1, 0.15) is 5.54 Å². The molecule has 2 aliphatic heterocycles. The summed E-state index contributed by atoms with van der Waals surface area (Å²) in [4.78, 5) is 42.0. The number of carbonyl (C=O) groups is 3. The van der Waals surface area contributed by atoms with Gasteiger partial charge >= 0.3 is 6.03 Å². The summed E-state index contributed by atoms with van der Waals surface area (Å²) < 4.78 is 0. The van der Waals surface area contributed by atoms with E-state index in [1.165, 1.54) is 4.90 Å². The summed E-state index contributed by atoms with van der Waals surface area (Å²) in [7, 11) is 0. The van der Waals surface area contributed by atoms with Crippen LogP contribution in [0.1, 0.15) is 36.0 Å². The minimum absolute atomic E-state index is 0.0194. The van der Waals surface area contributed by atoms with Gasteiger partial charge in [0.05, 0.1) is 5.69 Å². The molecule has 2 aromatic rings. The molecule has 0 atom stereocenters. The molecule has 1 aliphatic carbocycles. The van der Waals surface area contributed by atoms with E-state index in [2.05, 4.69) is 11.2 Å². The number of carbonyl (C=O) groups excluding carboxylic acids is 3. The van der Waals surface area contributed by atoms with Crippen LogP contribution in [-0.2, 0) is 16.0 Å². The van der Waals surface area contributed by atoms with E-state index in [1.54, 1.807) is 29.2 Å². The highest BCUT2D eigenvalue weighted by Crippen LogP contribution is 2.34. The SMILES string of the molecule is C#Cc1cccc2c1C=C(C(=O)N1CCC3(CC1)NC(=O)N(c1ccccc1)C3=O)CC2. The van der Waals surface area contributed by atoms with Crippen molar-refractivity contribution < 1.29 is 14.4 Å². The van der Waals surface area contributed by atoms with E-state index in [4.69, 9.17) is 6.42 Å². The molecule has 1 spiro atoms. The number of urea groups is 1. The fourth-order valence-electron chi connectivity index (χ4n) is 4.88. The maximum Gasteiger partial charge on any atom is 0.329 e. The smallest absolute Gasteiger partial charge is 0.329 e. The number of hydrogen-bond acceptors (Lipinski definition) is 3. The number of benzene rings is 2. The van der Waals surface area contributed by atoms with Crippen molar-refractivity contribution in [3.05, 3.63) is 70.8 Å². The molecule has 1 N–H and O–H groups in total. The van der Waals surface area contributed by atoms with E-state index in [1.807, 2.05) is 30.3 Å². The fourth-order valence-corrected chi connectivity index (χ4v) is 4.88. The molecular formula is C26H23N3O3. The number of nitrogens with zero attached hydrogens (tertiary/aromatic N) is 2. The van der Waals surface area contributed by atoms with Crippen LogP contribution in [0.3, 0.4) is 0 Å². The Morgan fingerprint density at radius 3 is 2.47 bits per heavy atom. The Bertz CT molecular complexity index is 1180. The maximum absolute atomic E-state index is 13.2. The van der Waals surface area contributed by atoms with E-state index in [9.17, 15) is 14.4 Å². The van der Waals surface area contributed by atoms with Crippen molar-refractivity contribution in [2.45, 2.75) is 31.2 Å². The average Bonchev–Trinajstić information content (AvgIpc) is 3.07. The Hall–Kier alpha value is -3.85. The van der Waals surface area contributed by atoms with E-state index in [-0.39, 0.29) is 11.8 Å². The van der Waals surface area contributed by atoms with Gasteiger partial charge in [-0.2, -0.15) is 0 Å². The first-order chi connectivity index (χ1) is 15.5. The highest BCUT2D eigenvalue weighted by atomic mass is 16.2. The van der Waals surface area contributed by atoms with E-state index in [0.29, 0.717) is 38.0 Å². The number of likely N-dealkylation sites (tertiary alicyclic amines) is 1. The van der Waals surface area contributed by atoms with Crippen molar-refractivity contribution in [2.24, 2.45) is 0 Å². The molecule has 2 aromatic carbocycles. The Morgan fingerprint density at radius 2 is 1.75 bits per heavy atom. The van der Waals surface area contributed by atoms with Crippen LogP contribution in [-0.4, -0.2) is 41.4 Å². The van der Waals surface area contributed by atoms with Gasteiger partial charge in [0.2, 0.25) is 5.91 Å². The van der Waals surface area contributed by atoms with Crippen LogP contribution in [0.2, 0.25) is 0 Å². The van der Waals surface area contributed by atoms with Crippen LogP contribution < -0.4 is 10.2 Å². The highest BCUT2D eigenvalue weighted by Gasteiger charge is 2.53. The van der Waals surface area contributed by atoms with Crippen LogP contribution in [0.15, 0.2) is 54.1 Å². The third-order valence-electron chi connectivity index (χ3n) is 6.69. The summed E-state index contributed by atoms with van der Waals surface area (Å²) >= 11 is 0. The molecule has 160 valence electrons. The standard InChI is InChI=1S/C26H23N3O3/c1-2-18-7-6-8-19-11-12-20(17-22(18)19)23(30)28-15-13-26(14-16-28)24(31)29(25(32)27-26)21-9-4-3-5-10-21/h1,3-10,17H,11-16H2,(H,27,32). The second kappa shape index (κ2) is 7.69.